The maximum absolute atomic E-state index is 12.8. The van der Waals surface area contributed by atoms with Gasteiger partial charge in [-0.25, -0.2) is 4.79 Å². The van der Waals surface area contributed by atoms with Gasteiger partial charge in [-0.2, -0.15) is 0 Å². The van der Waals surface area contributed by atoms with Crippen molar-refractivity contribution in [3.05, 3.63) is 22.2 Å². The number of ether oxygens (including phenoxy) is 3. The maximum atomic E-state index is 12.8. The van der Waals surface area contributed by atoms with Gasteiger partial charge in [0.25, 0.3) is 5.91 Å². The lowest BCUT2D eigenvalue weighted by molar-refractivity contribution is 0.0141. The van der Waals surface area contributed by atoms with Crippen molar-refractivity contribution in [3.63, 3.8) is 0 Å². The molecule has 1 aliphatic heterocycles. The van der Waals surface area contributed by atoms with Crippen molar-refractivity contribution in [2.24, 2.45) is 0 Å². The predicted molar refractivity (Wildman–Crippen MR) is 101 cm³/mol. The molecule has 0 bridgehead atoms. The highest BCUT2D eigenvalue weighted by atomic mass is 79.9. The van der Waals surface area contributed by atoms with Gasteiger partial charge in [0.15, 0.2) is 0 Å². The molecule has 0 radical (unpaired) electrons. The number of rotatable bonds is 3. The molecule has 0 saturated carbocycles. The van der Waals surface area contributed by atoms with E-state index in [-0.39, 0.29) is 12.0 Å². The summed E-state index contributed by atoms with van der Waals surface area (Å²) in [6.07, 6.45) is -0.350. The molecule has 0 N–H and O–H groups in total. The molecule has 1 heterocycles. The number of hydrogen-bond donors (Lipinski definition) is 0. The van der Waals surface area contributed by atoms with Crippen molar-refractivity contribution in [3.8, 4) is 11.5 Å². The van der Waals surface area contributed by atoms with Crippen LogP contribution in [0, 0.1) is 0 Å². The zero-order valence-electron chi connectivity index (χ0n) is 15.8. The van der Waals surface area contributed by atoms with Gasteiger partial charge in [0.1, 0.15) is 21.6 Å². The van der Waals surface area contributed by atoms with Gasteiger partial charge in [-0.3, -0.25) is 4.79 Å². The Labute approximate surface area is 162 Å². The smallest absolute Gasteiger partial charge is 0.410 e. The molecular weight excluding hydrogens is 404 g/mol. The molecule has 1 aliphatic rings. The van der Waals surface area contributed by atoms with Crippen molar-refractivity contribution in [2.45, 2.75) is 26.4 Å². The Morgan fingerprint density at radius 1 is 0.962 bits per heavy atom. The fraction of sp³-hybridized carbons (Fsp3) is 0.556. The molecule has 0 unspecified atom stereocenters. The fourth-order valence-corrected chi connectivity index (χ4v) is 3.15. The second kappa shape index (κ2) is 8.16. The molecule has 1 fully saturated rings. The molecule has 1 aromatic rings. The number of nitrogens with zero attached hydrogens (tertiary/aromatic N) is 2. The summed E-state index contributed by atoms with van der Waals surface area (Å²) in [6.45, 7) is 7.26. The summed E-state index contributed by atoms with van der Waals surface area (Å²) in [5, 5.41) is 0. The van der Waals surface area contributed by atoms with Gasteiger partial charge in [-0.1, -0.05) is 0 Å². The SMILES string of the molecule is COc1cc(C(=O)N2CCN(C(=O)OC(C)(C)C)CC2)cc(OC)c1Br. The number of piperazine rings is 1. The molecule has 144 valence electrons. The van der Waals surface area contributed by atoms with E-state index in [0.29, 0.717) is 47.7 Å². The van der Waals surface area contributed by atoms with Gasteiger partial charge in [0.05, 0.1) is 14.2 Å². The first-order chi connectivity index (χ1) is 12.2. The van der Waals surface area contributed by atoms with Crippen molar-refractivity contribution >= 4 is 27.9 Å². The molecule has 2 amide bonds. The third-order valence-electron chi connectivity index (χ3n) is 3.91. The van der Waals surface area contributed by atoms with E-state index in [1.807, 2.05) is 20.8 Å². The van der Waals surface area contributed by atoms with Gasteiger partial charge >= 0.3 is 6.09 Å². The zero-order chi connectivity index (χ0) is 19.5. The summed E-state index contributed by atoms with van der Waals surface area (Å²) in [6, 6.07) is 3.35. The Morgan fingerprint density at radius 2 is 1.42 bits per heavy atom. The Bertz CT molecular complexity index is 654. The molecule has 0 aromatic heterocycles. The number of methoxy groups -OCH3 is 2. The molecule has 1 saturated heterocycles. The van der Waals surface area contributed by atoms with Crippen LogP contribution in [0.1, 0.15) is 31.1 Å². The van der Waals surface area contributed by atoms with E-state index in [1.165, 1.54) is 14.2 Å². The van der Waals surface area contributed by atoms with Crippen LogP contribution in [-0.4, -0.2) is 67.8 Å². The Kier molecular flexibility index (Phi) is 6.39. The number of amides is 2. The molecule has 0 atom stereocenters. The van der Waals surface area contributed by atoms with Gasteiger partial charge in [0, 0.05) is 31.7 Å². The second-order valence-electron chi connectivity index (χ2n) is 6.95. The third-order valence-corrected chi connectivity index (χ3v) is 4.69. The van der Waals surface area contributed by atoms with E-state index in [1.54, 1.807) is 21.9 Å². The van der Waals surface area contributed by atoms with Gasteiger partial charge in [-0.05, 0) is 48.8 Å². The van der Waals surface area contributed by atoms with Crippen molar-refractivity contribution in [1.29, 1.82) is 0 Å². The highest BCUT2D eigenvalue weighted by molar-refractivity contribution is 9.10. The van der Waals surface area contributed by atoms with Crippen LogP contribution in [-0.2, 0) is 4.74 Å². The van der Waals surface area contributed by atoms with E-state index in [4.69, 9.17) is 14.2 Å². The minimum absolute atomic E-state index is 0.127. The van der Waals surface area contributed by atoms with Crippen LogP contribution in [0.25, 0.3) is 0 Å². The first-order valence-corrected chi connectivity index (χ1v) is 9.14. The van der Waals surface area contributed by atoms with Crippen LogP contribution in [0.15, 0.2) is 16.6 Å². The van der Waals surface area contributed by atoms with E-state index in [0.717, 1.165) is 0 Å². The lowest BCUT2D eigenvalue weighted by atomic mass is 10.1. The van der Waals surface area contributed by atoms with Crippen LogP contribution in [0.3, 0.4) is 0 Å². The van der Waals surface area contributed by atoms with E-state index < -0.39 is 5.60 Å². The molecule has 1 aromatic carbocycles. The number of carbonyl (C=O) groups is 2. The summed E-state index contributed by atoms with van der Waals surface area (Å²) in [5.41, 5.74) is -0.0539. The summed E-state index contributed by atoms with van der Waals surface area (Å²) in [4.78, 5) is 28.3. The Hall–Kier alpha value is -1.96. The molecule has 26 heavy (non-hydrogen) atoms. The topological polar surface area (TPSA) is 68.3 Å². The summed E-state index contributed by atoms with van der Waals surface area (Å²) in [7, 11) is 3.07. The predicted octanol–water partition coefficient (Wildman–Crippen LogP) is 3.16. The standard InChI is InChI=1S/C18H25BrN2O5/c1-18(2,3)26-17(23)21-8-6-20(7-9-21)16(22)12-10-13(24-4)15(19)14(11-12)25-5/h10-11H,6-9H2,1-5H3. The normalized spacial score (nSPS) is 14.8. The first kappa shape index (κ1) is 20.4. The van der Waals surface area contributed by atoms with E-state index in [2.05, 4.69) is 15.9 Å². The minimum atomic E-state index is -0.533. The number of halogens is 1. The minimum Gasteiger partial charge on any atom is -0.495 e. The molecule has 0 aliphatic carbocycles. The first-order valence-electron chi connectivity index (χ1n) is 8.35. The average Bonchev–Trinajstić information content (AvgIpc) is 2.60. The molecule has 7 nitrogen and oxygen atoms in total. The van der Waals surface area contributed by atoms with Gasteiger partial charge in [-0.15, -0.1) is 0 Å². The lowest BCUT2D eigenvalue weighted by Gasteiger charge is -2.35. The van der Waals surface area contributed by atoms with Crippen LogP contribution in [0.5, 0.6) is 11.5 Å². The Balaban J connectivity index is 2.06. The zero-order valence-corrected chi connectivity index (χ0v) is 17.4. The molecule has 0 spiro atoms. The van der Waals surface area contributed by atoms with Gasteiger partial charge < -0.3 is 24.0 Å². The van der Waals surface area contributed by atoms with Gasteiger partial charge in [0.2, 0.25) is 0 Å². The fourth-order valence-electron chi connectivity index (χ4n) is 2.59. The monoisotopic (exact) mass is 428 g/mol. The average molecular weight is 429 g/mol. The number of benzene rings is 1. The van der Waals surface area contributed by atoms with Crippen LogP contribution < -0.4 is 9.47 Å². The third kappa shape index (κ3) is 4.81. The number of hydrogen-bond acceptors (Lipinski definition) is 5. The number of carbonyl (C=O) groups excluding carboxylic acids is 2. The van der Waals surface area contributed by atoms with Crippen molar-refractivity contribution < 1.29 is 23.8 Å². The summed E-state index contributed by atoms with van der Waals surface area (Å²) in [5.74, 6) is 0.929. The van der Waals surface area contributed by atoms with Crippen molar-refractivity contribution in [2.75, 3.05) is 40.4 Å². The summed E-state index contributed by atoms with van der Waals surface area (Å²) >= 11 is 3.40. The van der Waals surface area contributed by atoms with E-state index >= 15 is 0 Å². The highest BCUT2D eigenvalue weighted by Crippen LogP contribution is 2.36. The highest BCUT2D eigenvalue weighted by Gasteiger charge is 2.28. The van der Waals surface area contributed by atoms with Crippen LogP contribution in [0.2, 0.25) is 0 Å². The van der Waals surface area contributed by atoms with Crippen LogP contribution in [0.4, 0.5) is 4.79 Å². The quantitative estimate of drug-likeness (QED) is 0.739. The second-order valence-corrected chi connectivity index (χ2v) is 7.75. The maximum Gasteiger partial charge on any atom is 0.410 e. The van der Waals surface area contributed by atoms with Crippen molar-refractivity contribution in [1.82, 2.24) is 9.80 Å². The lowest BCUT2D eigenvalue weighted by Crippen LogP contribution is -2.51. The largest absolute Gasteiger partial charge is 0.495 e. The van der Waals surface area contributed by atoms with Crippen LogP contribution >= 0.6 is 15.9 Å². The Morgan fingerprint density at radius 3 is 1.85 bits per heavy atom. The van der Waals surface area contributed by atoms with E-state index in [9.17, 15) is 9.59 Å². The molecule has 2 rings (SSSR count). The summed E-state index contributed by atoms with van der Waals surface area (Å²) < 4.78 is 16.6. The molecule has 8 heteroatoms. The molecular formula is C18H25BrN2O5.